The molecule has 4 nitrogen and oxygen atoms in total. The van der Waals surface area contributed by atoms with Gasteiger partial charge in [0.1, 0.15) is 0 Å². The quantitative estimate of drug-likeness (QED) is 0.468. The number of halogens is 2. The van der Waals surface area contributed by atoms with E-state index >= 15 is 0 Å². The first-order chi connectivity index (χ1) is 13.9. The Balaban J connectivity index is 1.61. The lowest BCUT2D eigenvalue weighted by Crippen LogP contribution is -2.20. The van der Waals surface area contributed by atoms with Crippen molar-refractivity contribution in [2.75, 3.05) is 17.2 Å². The van der Waals surface area contributed by atoms with E-state index in [9.17, 15) is 4.79 Å². The van der Waals surface area contributed by atoms with E-state index in [4.69, 9.17) is 27.9 Å². The number of hydrogen-bond acceptors (Lipinski definition) is 3. The topological polar surface area (TPSA) is 50.4 Å². The van der Waals surface area contributed by atoms with Gasteiger partial charge in [-0.15, -0.1) is 0 Å². The summed E-state index contributed by atoms with van der Waals surface area (Å²) in [5.41, 5.74) is 5.03. The van der Waals surface area contributed by atoms with Gasteiger partial charge in [0.15, 0.2) is 12.4 Å². The van der Waals surface area contributed by atoms with Gasteiger partial charge >= 0.3 is 0 Å². The van der Waals surface area contributed by atoms with Gasteiger partial charge in [-0.1, -0.05) is 53.5 Å². The van der Waals surface area contributed by atoms with E-state index in [1.807, 2.05) is 18.2 Å². The Morgan fingerprint density at radius 3 is 2.34 bits per heavy atom. The third-order valence-corrected chi connectivity index (χ3v) is 4.90. The molecule has 1 amide bonds. The van der Waals surface area contributed by atoms with E-state index in [1.165, 1.54) is 5.56 Å². The summed E-state index contributed by atoms with van der Waals surface area (Å²) in [6.45, 7) is 4.49. The van der Waals surface area contributed by atoms with E-state index in [0.29, 0.717) is 28.0 Å². The van der Waals surface area contributed by atoms with Crippen molar-refractivity contribution in [2.24, 2.45) is 0 Å². The lowest BCUT2D eigenvalue weighted by Gasteiger charge is -2.14. The molecule has 0 aliphatic rings. The molecule has 3 rings (SSSR count). The van der Waals surface area contributed by atoms with E-state index in [-0.39, 0.29) is 12.5 Å². The number of para-hydroxylation sites is 1. The molecule has 0 unspecified atom stereocenters. The van der Waals surface area contributed by atoms with E-state index in [1.54, 1.807) is 24.3 Å². The Labute approximate surface area is 180 Å². The predicted octanol–water partition coefficient (Wildman–Crippen LogP) is 6.24. The van der Waals surface area contributed by atoms with E-state index in [2.05, 4.69) is 42.7 Å². The van der Waals surface area contributed by atoms with Gasteiger partial charge in [0.25, 0.3) is 5.91 Å². The minimum Gasteiger partial charge on any atom is -0.481 e. The Morgan fingerprint density at radius 2 is 1.66 bits per heavy atom. The zero-order valence-corrected chi connectivity index (χ0v) is 17.8. The molecule has 0 aliphatic heterocycles. The fourth-order valence-corrected chi connectivity index (χ4v) is 3.47. The third-order valence-electron chi connectivity index (χ3n) is 4.34. The van der Waals surface area contributed by atoms with Crippen LogP contribution in [0, 0.1) is 13.8 Å². The second kappa shape index (κ2) is 9.68. The summed E-state index contributed by atoms with van der Waals surface area (Å²) >= 11 is 12.7. The van der Waals surface area contributed by atoms with Gasteiger partial charge in [-0.05, 0) is 60.9 Å². The monoisotopic (exact) mass is 428 g/mol. The van der Waals surface area contributed by atoms with Crippen molar-refractivity contribution in [3.8, 4) is 5.75 Å². The van der Waals surface area contributed by atoms with Gasteiger partial charge in [0.05, 0.1) is 10.0 Å². The number of benzene rings is 3. The Kier molecular flexibility index (Phi) is 7.02. The van der Waals surface area contributed by atoms with Crippen molar-refractivity contribution >= 4 is 40.5 Å². The lowest BCUT2D eigenvalue weighted by atomic mass is 10.1. The standard InChI is InChI=1S/C23H22Cl2N2O2/c1-15-8-9-16(2)21(10-15)26-13-17-11-19(24)23(20(25)12-17)29-14-22(28)27-18-6-4-3-5-7-18/h3-12,26H,13-14H2,1-2H3,(H,27,28). The molecule has 0 spiro atoms. The molecule has 29 heavy (non-hydrogen) atoms. The predicted molar refractivity (Wildman–Crippen MR) is 120 cm³/mol. The summed E-state index contributed by atoms with van der Waals surface area (Å²) in [7, 11) is 0. The first kappa shape index (κ1) is 21.0. The van der Waals surface area contributed by atoms with Crippen LogP contribution in [0.5, 0.6) is 5.75 Å². The molecule has 3 aromatic rings. The summed E-state index contributed by atoms with van der Waals surface area (Å²) in [4.78, 5) is 12.1. The molecule has 0 atom stereocenters. The molecule has 0 saturated heterocycles. The summed E-state index contributed by atoms with van der Waals surface area (Å²) in [5.74, 6) is 0.0102. The van der Waals surface area contributed by atoms with Crippen molar-refractivity contribution in [2.45, 2.75) is 20.4 Å². The molecule has 0 aliphatic carbocycles. The van der Waals surface area contributed by atoms with Crippen LogP contribution >= 0.6 is 23.2 Å². The second-order valence-corrected chi connectivity index (χ2v) is 7.58. The number of carbonyl (C=O) groups excluding carboxylic acids is 1. The minimum atomic E-state index is -0.288. The molecule has 6 heteroatoms. The summed E-state index contributed by atoms with van der Waals surface area (Å²) in [5, 5.41) is 6.88. The van der Waals surface area contributed by atoms with Crippen LogP contribution in [0.4, 0.5) is 11.4 Å². The highest BCUT2D eigenvalue weighted by molar-refractivity contribution is 6.37. The molecule has 2 N–H and O–H groups in total. The molecule has 0 radical (unpaired) electrons. The molecule has 0 saturated carbocycles. The van der Waals surface area contributed by atoms with Crippen LogP contribution in [-0.2, 0) is 11.3 Å². The van der Waals surface area contributed by atoms with Crippen molar-refractivity contribution < 1.29 is 9.53 Å². The summed E-state index contributed by atoms with van der Waals surface area (Å²) in [6.07, 6.45) is 0. The zero-order valence-electron chi connectivity index (χ0n) is 16.3. The Bertz CT molecular complexity index is 984. The normalized spacial score (nSPS) is 10.5. The van der Waals surface area contributed by atoms with Crippen LogP contribution in [0.1, 0.15) is 16.7 Å². The van der Waals surface area contributed by atoms with Crippen LogP contribution in [0.25, 0.3) is 0 Å². The van der Waals surface area contributed by atoms with Crippen LogP contribution < -0.4 is 15.4 Å². The zero-order chi connectivity index (χ0) is 20.8. The van der Waals surface area contributed by atoms with Crippen molar-refractivity contribution in [1.82, 2.24) is 0 Å². The van der Waals surface area contributed by atoms with Crippen LogP contribution in [-0.4, -0.2) is 12.5 Å². The molecule has 150 valence electrons. The van der Waals surface area contributed by atoms with E-state index < -0.39 is 0 Å². The first-order valence-corrected chi connectivity index (χ1v) is 9.94. The average molecular weight is 429 g/mol. The SMILES string of the molecule is Cc1ccc(C)c(NCc2cc(Cl)c(OCC(=O)Nc3ccccc3)c(Cl)c2)c1. The number of amides is 1. The highest BCUT2D eigenvalue weighted by Crippen LogP contribution is 2.34. The fourth-order valence-electron chi connectivity index (χ4n) is 2.83. The maximum absolute atomic E-state index is 12.1. The number of carbonyl (C=O) groups is 1. The average Bonchev–Trinajstić information content (AvgIpc) is 2.69. The maximum Gasteiger partial charge on any atom is 0.262 e. The Morgan fingerprint density at radius 1 is 0.966 bits per heavy atom. The van der Waals surface area contributed by atoms with Crippen LogP contribution in [0.3, 0.4) is 0 Å². The van der Waals surface area contributed by atoms with Crippen molar-refractivity contribution in [1.29, 1.82) is 0 Å². The van der Waals surface area contributed by atoms with E-state index in [0.717, 1.165) is 16.8 Å². The Hall–Kier alpha value is -2.69. The minimum absolute atomic E-state index is 0.186. The smallest absolute Gasteiger partial charge is 0.262 e. The maximum atomic E-state index is 12.1. The van der Waals surface area contributed by atoms with Gasteiger partial charge in [-0.25, -0.2) is 0 Å². The number of aryl methyl sites for hydroxylation is 2. The van der Waals surface area contributed by atoms with Gasteiger partial charge in [0.2, 0.25) is 0 Å². The molecule has 0 heterocycles. The van der Waals surface area contributed by atoms with Gasteiger partial charge in [-0.3, -0.25) is 4.79 Å². The molecule has 3 aromatic carbocycles. The fraction of sp³-hybridized carbons (Fsp3) is 0.174. The molecule has 0 fully saturated rings. The molecular weight excluding hydrogens is 407 g/mol. The van der Waals surface area contributed by atoms with Gasteiger partial charge in [-0.2, -0.15) is 0 Å². The number of rotatable bonds is 7. The second-order valence-electron chi connectivity index (χ2n) is 6.76. The molecule has 0 aromatic heterocycles. The summed E-state index contributed by atoms with van der Waals surface area (Å²) in [6, 6.07) is 19.0. The van der Waals surface area contributed by atoms with Crippen LogP contribution in [0.15, 0.2) is 60.7 Å². The number of nitrogens with one attached hydrogen (secondary N) is 2. The number of ether oxygens (including phenoxy) is 1. The van der Waals surface area contributed by atoms with Crippen LogP contribution in [0.2, 0.25) is 10.0 Å². The first-order valence-electron chi connectivity index (χ1n) is 9.19. The van der Waals surface area contributed by atoms with Gasteiger partial charge < -0.3 is 15.4 Å². The van der Waals surface area contributed by atoms with Gasteiger partial charge in [0, 0.05) is 17.9 Å². The number of anilines is 2. The highest BCUT2D eigenvalue weighted by atomic mass is 35.5. The highest BCUT2D eigenvalue weighted by Gasteiger charge is 2.12. The largest absolute Gasteiger partial charge is 0.481 e. The number of hydrogen-bond donors (Lipinski definition) is 2. The molecular formula is C23H22Cl2N2O2. The summed E-state index contributed by atoms with van der Waals surface area (Å²) < 4.78 is 5.56. The lowest BCUT2D eigenvalue weighted by molar-refractivity contribution is -0.118. The molecule has 0 bridgehead atoms. The van der Waals surface area contributed by atoms with Crippen molar-refractivity contribution in [3.05, 3.63) is 87.4 Å². The van der Waals surface area contributed by atoms with Crippen molar-refractivity contribution in [3.63, 3.8) is 0 Å². The third kappa shape index (κ3) is 5.89.